The second-order valence-corrected chi connectivity index (χ2v) is 9.44. The lowest BCUT2D eigenvalue weighted by Gasteiger charge is -2.26. The average Bonchev–Trinajstić information content (AvgIpc) is 2.71. The Morgan fingerprint density at radius 1 is 0.938 bits per heavy atom. The van der Waals surface area contributed by atoms with Gasteiger partial charge in [0.1, 0.15) is 0 Å². The summed E-state index contributed by atoms with van der Waals surface area (Å²) in [4.78, 5) is 25.7. The maximum absolute atomic E-state index is 12.9. The number of hydrogen-bond acceptors (Lipinski definition) is 5. The van der Waals surface area contributed by atoms with Crippen LogP contribution in [-0.2, 0) is 20.8 Å². The monoisotopic (exact) mass is 471 g/mol. The number of carbonyl (C=O) groups excluding carboxylic acids is 2. The van der Waals surface area contributed by atoms with Gasteiger partial charge in [-0.15, -0.1) is 9.35 Å². The van der Waals surface area contributed by atoms with E-state index in [1.807, 2.05) is 6.07 Å². The van der Waals surface area contributed by atoms with Gasteiger partial charge in [-0.2, -0.15) is 21.6 Å². The van der Waals surface area contributed by atoms with Gasteiger partial charge in [-0.25, -0.2) is 0 Å². The van der Waals surface area contributed by atoms with Crippen molar-refractivity contribution in [3.8, 4) is 0 Å². The topological polar surface area (TPSA) is 80.8 Å². The number of nitrogens with zero attached hydrogens (tertiary/aromatic N) is 1. The van der Waals surface area contributed by atoms with E-state index in [-0.39, 0.29) is 16.2 Å². The Kier molecular flexibility index (Phi) is 7.24. The Morgan fingerprint density at radius 3 is 2.28 bits per heavy atom. The summed E-state index contributed by atoms with van der Waals surface area (Å²) >= 11 is 0. The van der Waals surface area contributed by atoms with E-state index in [4.69, 9.17) is 0 Å². The third kappa shape index (κ3) is 5.47. The molecular formula is C22H24F3NO5S. The Labute approximate surface area is 184 Å². The summed E-state index contributed by atoms with van der Waals surface area (Å²) in [5.74, 6) is -2.90. The smallest absolute Gasteiger partial charge is 0.266 e. The van der Waals surface area contributed by atoms with Gasteiger partial charge < -0.3 is 0 Å². The maximum Gasteiger partial charge on any atom is 0.389 e. The van der Waals surface area contributed by atoms with Crippen LogP contribution in [0.5, 0.6) is 0 Å². The molecule has 3 rings (SSSR count). The molecule has 32 heavy (non-hydrogen) atoms. The largest absolute Gasteiger partial charge is 0.389 e. The van der Waals surface area contributed by atoms with E-state index in [2.05, 4.69) is 11.2 Å². The molecule has 0 saturated carbocycles. The first-order valence-corrected chi connectivity index (χ1v) is 12.0. The molecule has 2 aromatic carbocycles. The van der Waals surface area contributed by atoms with Gasteiger partial charge in [0, 0.05) is 11.8 Å². The van der Waals surface area contributed by atoms with Gasteiger partial charge in [-0.1, -0.05) is 44.4 Å². The fourth-order valence-corrected chi connectivity index (χ4v) is 4.70. The van der Waals surface area contributed by atoms with Crippen LogP contribution in [-0.4, -0.2) is 37.2 Å². The van der Waals surface area contributed by atoms with Crippen LogP contribution in [0.15, 0.2) is 30.3 Å². The Hall–Kier alpha value is -2.46. The van der Waals surface area contributed by atoms with Crippen molar-refractivity contribution in [2.24, 2.45) is 0 Å². The van der Waals surface area contributed by atoms with E-state index in [0.717, 1.165) is 43.1 Å². The van der Waals surface area contributed by atoms with Crippen LogP contribution in [0, 0.1) is 0 Å². The number of amides is 2. The van der Waals surface area contributed by atoms with Crippen LogP contribution in [0.1, 0.15) is 71.7 Å². The van der Waals surface area contributed by atoms with Crippen LogP contribution >= 0.6 is 0 Å². The number of hydrogen-bond donors (Lipinski definition) is 0. The summed E-state index contributed by atoms with van der Waals surface area (Å²) in [5, 5.41) is 1.30. The van der Waals surface area contributed by atoms with Gasteiger partial charge in [-0.05, 0) is 42.3 Å². The highest BCUT2D eigenvalue weighted by molar-refractivity contribution is 7.86. The van der Waals surface area contributed by atoms with Crippen molar-refractivity contribution in [2.75, 3.05) is 5.75 Å². The first kappa shape index (κ1) is 24.2. The molecule has 0 aromatic heterocycles. The SMILES string of the molecule is CCCCCCc1ccc2c3c(cccc13)C(=O)N(OS(=O)(=O)CCCC(F)(F)F)C2=O. The Bertz CT molecular complexity index is 1110. The van der Waals surface area contributed by atoms with E-state index < -0.39 is 46.7 Å². The van der Waals surface area contributed by atoms with Crippen molar-refractivity contribution < 1.29 is 35.5 Å². The van der Waals surface area contributed by atoms with Crippen molar-refractivity contribution in [3.05, 3.63) is 47.0 Å². The number of alkyl halides is 3. The first-order chi connectivity index (χ1) is 15.0. The molecule has 174 valence electrons. The highest BCUT2D eigenvalue weighted by atomic mass is 32.2. The fourth-order valence-electron chi connectivity index (χ4n) is 3.76. The number of halogens is 3. The lowest BCUT2D eigenvalue weighted by Crippen LogP contribution is -2.42. The standard InChI is InChI=1S/C22H24F3NO5S/c1-2-3-4-5-8-15-11-12-18-19-16(15)9-6-10-17(19)20(27)26(21(18)28)31-32(29,30)14-7-13-22(23,24)25/h6,9-12H,2-5,7-8,13-14H2,1H3. The fraction of sp³-hybridized carbons (Fsp3) is 0.455. The number of hydroxylamine groups is 2. The molecule has 0 aliphatic carbocycles. The van der Waals surface area contributed by atoms with Gasteiger partial charge in [0.15, 0.2) is 0 Å². The molecule has 0 radical (unpaired) electrons. The normalized spacial score (nSPS) is 14.4. The Morgan fingerprint density at radius 2 is 1.62 bits per heavy atom. The summed E-state index contributed by atoms with van der Waals surface area (Å²) in [6.07, 6.45) is -1.57. The molecular weight excluding hydrogens is 447 g/mol. The molecule has 1 aliphatic rings. The van der Waals surface area contributed by atoms with Crippen LogP contribution in [0.2, 0.25) is 0 Å². The minimum Gasteiger partial charge on any atom is -0.266 e. The minimum atomic E-state index is -4.58. The quantitative estimate of drug-likeness (QED) is 0.353. The van der Waals surface area contributed by atoms with Gasteiger partial charge in [-0.3, -0.25) is 9.59 Å². The highest BCUT2D eigenvalue weighted by Gasteiger charge is 2.38. The predicted molar refractivity (Wildman–Crippen MR) is 112 cm³/mol. The molecule has 0 saturated heterocycles. The maximum atomic E-state index is 12.9. The first-order valence-electron chi connectivity index (χ1n) is 10.5. The summed E-state index contributed by atoms with van der Waals surface area (Å²) in [5.41, 5.74) is 1.20. The zero-order chi connectivity index (χ0) is 23.5. The molecule has 0 fully saturated rings. The van der Waals surface area contributed by atoms with Gasteiger partial charge in [0.05, 0.1) is 16.9 Å². The number of unbranched alkanes of at least 4 members (excludes halogenated alkanes) is 3. The molecule has 0 atom stereocenters. The third-order valence-corrected chi connectivity index (χ3v) is 6.47. The van der Waals surface area contributed by atoms with Gasteiger partial charge in [0.2, 0.25) is 0 Å². The summed E-state index contributed by atoms with van der Waals surface area (Å²) in [6, 6.07) is 8.22. The van der Waals surface area contributed by atoms with Crippen LogP contribution in [0.3, 0.4) is 0 Å². The third-order valence-electron chi connectivity index (χ3n) is 5.30. The summed E-state index contributed by atoms with van der Waals surface area (Å²) < 4.78 is 65.8. The van der Waals surface area contributed by atoms with Crippen LogP contribution in [0.25, 0.3) is 10.8 Å². The van der Waals surface area contributed by atoms with Crippen molar-refractivity contribution in [2.45, 2.75) is 58.0 Å². The molecule has 10 heteroatoms. The molecule has 2 amide bonds. The molecule has 0 unspecified atom stereocenters. The second kappa shape index (κ2) is 9.58. The van der Waals surface area contributed by atoms with Crippen molar-refractivity contribution in [1.82, 2.24) is 5.06 Å². The molecule has 0 N–H and O–H groups in total. The lowest BCUT2D eigenvalue weighted by atomic mass is 9.90. The second-order valence-electron chi connectivity index (χ2n) is 7.77. The summed E-state index contributed by atoms with van der Waals surface area (Å²) in [7, 11) is -4.58. The zero-order valence-electron chi connectivity index (χ0n) is 17.6. The van der Waals surface area contributed by atoms with E-state index in [1.165, 1.54) is 12.1 Å². The van der Waals surface area contributed by atoms with E-state index in [0.29, 0.717) is 5.39 Å². The number of rotatable bonds is 10. The number of carbonyl (C=O) groups is 2. The predicted octanol–water partition coefficient (Wildman–Crippen LogP) is 5.16. The molecule has 0 bridgehead atoms. The van der Waals surface area contributed by atoms with Crippen molar-refractivity contribution >= 4 is 32.7 Å². The number of imide groups is 1. The number of aryl methyl sites for hydroxylation is 1. The summed E-state index contributed by atoms with van der Waals surface area (Å²) in [6.45, 7) is 2.12. The Balaban J connectivity index is 1.85. The van der Waals surface area contributed by atoms with Crippen molar-refractivity contribution in [1.29, 1.82) is 0 Å². The molecule has 6 nitrogen and oxygen atoms in total. The zero-order valence-corrected chi connectivity index (χ0v) is 18.4. The molecule has 0 spiro atoms. The van der Waals surface area contributed by atoms with E-state index >= 15 is 0 Å². The van der Waals surface area contributed by atoms with Gasteiger partial charge >= 0.3 is 6.18 Å². The van der Waals surface area contributed by atoms with E-state index in [9.17, 15) is 31.2 Å². The number of benzene rings is 2. The lowest BCUT2D eigenvalue weighted by molar-refractivity contribution is -0.134. The van der Waals surface area contributed by atoms with Gasteiger partial charge in [0.25, 0.3) is 21.9 Å². The minimum absolute atomic E-state index is 0.109. The molecule has 1 heterocycles. The van der Waals surface area contributed by atoms with Crippen molar-refractivity contribution in [3.63, 3.8) is 0 Å². The van der Waals surface area contributed by atoms with Crippen LogP contribution in [0.4, 0.5) is 13.2 Å². The van der Waals surface area contributed by atoms with E-state index in [1.54, 1.807) is 12.1 Å². The average molecular weight is 471 g/mol. The van der Waals surface area contributed by atoms with Crippen LogP contribution < -0.4 is 0 Å². The molecule has 1 aliphatic heterocycles. The molecule has 2 aromatic rings. The highest BCUT2D eigenvalue weighted by Crippen LogP contribution is 2.33.